The Kier molecular flexibility index (Phi) is 6.03. The van der Waals surface area contributed by atoms with Crippen LogP contribution < -0.4 is 5.32 Å². The van der Waals surface area contributed by atoms with E-state index >= 15 is 0 Å². The highest BCUT2D eigenvalue weighted by Crippen LogP contribution is 2.35. The van der Waals surface area contributed by atoms with Crippen LogP contribution in [0.5, 0.6) is 0 Å². The van der Waals surface area contributed by atoms with E-state index in [2.05, 4.69) is 34.6 Å². The smallest absolute Gasteiger partial charge is 0.227 e. The van der Waals surface area contributed by atoms with Crippen LogP contribution >= 0.6 is 0 Å². The second-order valence-corrected chi connectivity index (χ2v) is 7.89. The molecule has 0 bridgehead atoms. The number of hydrogen-bond donors (Lipinski definition) is 1. The Morgan fingerprint density at radius 2 is 1.71 bits per heavy atom. The summed E-state index contributed by atoms with van der Waals surface area (Å²) >= 11 is 0. The van der Waals surface area contributed by atoms with Crippen molar-refractivity contribution in [2.45, 2.75) is 38.1 Å². The summed E-state index contributed by atoms with van der Waals surface area (Å²) in [5, 5.41) is 3.26. The molecule has 0 unspecified atom stereocenters. The van der Waals surface area contributed by atoms with Gasteiger partial charge in [-0.2, -0.15) is 0 Å². The van der Waals surface area contributed by atoms with Crippen LogP contribution in [-0.2, 0) is 20.7 Å². The Morgan fingerprint density at radius 1 is 1.00 bits per heavy atom. The van der Waals surface area contributed by atoms with E-state index in [1.165, 1.54) is 5.56 Å². The van der Waals surface area contributed by atoms with Gasteiger partial charge in [0.25, 0.3) is 0 Å². The third-order valence-electron chi connectivity index (χ3n) is 5.94. The van der Waals surface area contributed by atoms with Crippen LogP contribution in [0.15, 0.2) is 48.8 Å². The average Bonchev–Trinajstić information content (AvgIpc) is 2.76. The van der Waals surface area contributed by atoms with Crippen molar-refractivity contribution in [2.75, 3.05) is 26.4 Å². The molecule has 5 heteroatoms. The summed E-state index contributed by atoms with van der Waals surface area (Å²) in [6.45, 7) is 2.71. The minimum absolute atomic E-state index is 0.134. The van der Waals surface area contributed by atoms with Crippen LogP contribution in [0.1, 0.15) is 31.2 Å². The SMILES string of the molecule is O=C(N[C@H]1CCCOC1)C1(Cc2ccc(-c3ccncc3)cc2)CCOCC1. The number of nitrogens with zero attached hydrogens (tertiary/aromatic N) is 1. The number of rotatable bonds is 5. The topological polar surface area (TPSA) is 60.5 Å². The zero-order chi connectivity index (χ0) is 19.2. The molecular formula is C23H28N2O3. The predicted octanol–water partition coefficient (Wildman–Crippen LogP) is 3.38. The number of hydrogen-bond acceptors (Lipinski definition) is 4. The van der Waals surface area contributed by atoms with Crippen molar-refractivity contribution in [2.24, 2.45) is 5.41 Å². The van der Waals surface area contributed by atoms with Gasteiger partial charge in [-0.15, -0.1) is 0 Å². The number of nitrogens with one attached hydrogen (secondary N) is 1. The number of carbonyl (C=O) groups excluding carboxylic acids is 1. The number of amides is 1. The van der Waals surface area contributed by atoms with Gasteiger partial charge in [-0.1, -0.05) is 24.3 Å². The molecule has 2 aliphatic rings. The molecule has 1 N–H and O–H groups in total. The van der Waals surface area contributed by atoms with Gasteiger partial charge in [0.1, 0.15) is 0 Å². The number of ether oxygens (including phenoxy) is 2. The van der Waals surface area contributed by atoms with E-state index in [9.17, 15) is 4.79 Å². The first-order valence-corrected chi connectivity index (χ1v) is 10.2. The molecule has 1 atom stereocenters. The Hall–Kier alpha value is -2.24. The van der Waals surface area contributed by atoms with E-state index in [1.54, 1.807) is 12.4 Å². The first kappa shape index (κ1) is 19.1. The molecule has 1 aromatic heterocycles. The lowest BCUT2D eigenvalue weighted by Crippen LogP contribution is -2.51. The molecule has 2 aromatic rings. The van der Waals surface area contributed by atoms with Crippen LogP contribution in [-0.4, -0.2) is 43.4 Å². The molecule has 0 radical (unpaired) electrons. The lowest BCUT2D eigenvalue weighted by molar-refractivity contribution is -0.138. The minimum atomic E-state index is -0.395. The normalized spacial score (nSPS) is 21.8. The van der Waals surface area contributed by atoms with Crippen molar-refractivity contribution in [1.29, 1.82) is 0 Å². The zero-order valence-electron chi connectivity index (χ0n) is 16.2. The molecule has 4 rings (SSSR count). The average molecular weight is 380 g/mol. The van der Waals surface area contributed by atoms with Crippen molar-refractivity contribution in [3.63, 3.8) is 0 Å². The van der Waals surface area contributed by atoms with Crippen molar-refractivity contribution in [3.8, 4) is 11.1 Å². The third-order valence-corrected chi connectivity index (χ3v) is 5.94. The quantitative estimate of drug-likeness (QED) is 0.864. The Balaban J connectivity index is 1.49. The molecule has 148 valence electrons. The molecule has 0 aliphatic carbocycles. The number of aromatic nitrogens is 1. The summed E-state index contributed by atoms with van der Waals surface area (Å²) in [6, 6.07) is 12.7. The molecule has 28 heavy (non-hydrogen) atoms. The molecule has 2 fully saturated rings. The second-order valence-electron chi connectivity index (χ2n) is 7.89. The van der Waals surface area contributed by atoms with E-state index in [0.29, 0.717) is 19.8 Å². The van der Waals surface area contributed by atoms with Gasteiger partial charge in [0.15, 0.2) is 0 Å². The highest BCUT2D eigenvalue weighted by molar-refractivity contribution is 5.83. The fourth-order valence-electron chi connectivity index (χ4n) is 4.19. The monoisotopic (exact) mass is 380 g/mol. The number of benzene rings is 1. The summed E-state index contributed by atoms with van der Waals surface area (Å²) in [4.78, 5) is 17.3. The fourth-order valence-corrected chi connectivity index (χ4v) is 4.19. The first-order chi connectivity index (χ1) is 13.8. The van der Waals surface area contributed by atoms with Crippen molar-refractivity contribution >= 4 is 5.91 Å². The van der Waals surface area contributed by atoms with Crippen molar-refractivity contribution < 1.29 is 14.3 Å². The maximum absolute atomic E-state index is 13.3. The van der Waals surface area contributed by atoms with Gasteiger partial charge in [0, 0.05) is 32.2 Å². The Morgan fingerprint density at radius 3 is 2.39 bits per heavy atom. The second kappa shape index (κ2) is 8.84. The van der Waals surface area contributed by atoms with Crippen LogP contribution in [0.2, 0.25) is 0 Å². The van der Waals surface area contributed by atoms with Gasteiger partial charge in [0.2, 0.25) is 5.91 Å². The van der Waals surface area contributed by atoms with E-state index < -0.39 is 5.41 Å². The van der Waals surface area contributed by atoms with Crippen molar-refractivity contribution in [1.82, 2.24) is 10.3 Å². The molecule has 2 aliphatic heterocycles. The fraction of sp³-hybridized carbons (Fsp3) is 0.478. The maximum atomic E-state index is 13.3. The minimum Gasteiger partial charge on any atom is -0.381 e. The van der Waals surface area contributed by atoms with E-state index in [0.717, 1.165) is 49.8 Å². The molecule has 3 heterocycles. The van der Waals surface area contributed by atoms with E-state index in [4.69, 9.17) is 9.47 Å². The third kappa shape index (κ3) is 4.42. The van der Waals surface area contributed by atoms with Gasteiger partial charge in [-0.05, 0) is 60.9 Å². The van der Waals surface area contributed by atoms with Gasteiger partial charge in [0.05, 0.1) is 18.1 Å². The standard InChI is InChI=1S/C23H28N2O3/c26-22(25-21-2-1-13-28-17-21)23(9-14-27-15-10-23)16-18-3-5-19(6-4-18)20-7-11-24-12-8-20/h3-8,11-12,21H,1-2,9-10,13-17H2,(H,25,26)/t21-/m0/s1. The zero-order valence-corrected chi connectivity index (χ0v) is 16.2. The van der Waals surface area contributed by atoms with E-state index in [1.807, 2.05) is 12.1 Å². The summed E-state index contributed by atoms with van der Waals surface area (Å²) in [7, 11) is 0. The van der Waals surface area contributed by atoms with Gasteiger partial charge < -0.3 is 14.8 Å². The summed E-state index contributed by atoms with van der Waals surface area (Å²) < 4.78 is 11.1. The molecule has 0 spiro atoms. The number of pyridine rings is 1. The molecule has 1 aromatic carbocycles. The highest BCUT2D eigenvalue weighted by Gasteiger charge is 2.41. The Labute approximate surface area is 166 Å². The lowest BCUT2D eigenvalue weighted by atomic mass is 9.74. The summed E-state index contributed by atoms with van der Waals surface area (Å²) in [6.07, 6.45) is 7.89. The maximum Gasteiger partial charge on any atom is 0.227 e. The van der Waals surface area contributed by atoms with Gasteiger partial charge >= 0.3 is 0 Å². The summed E-state index contributed by atoms with van der Waals surface area (Å²) in [5.74, 6) is 0.157. The molecule has 5 nitrogen and oxygen atoms in total. The van der Waals surface area contributed by atoms with Crippen LogP contribution in [0.4, 0.5) is 0 Å². The molecule has 0 saturated carbocycles. The largest absolute Gasteiger partial charge is 0.381 e. The molecular weight excluding hydrogens is 352 g/mol. The lowest BCUT2D eigenvalue weighted by Gasteiger charge is -2.37. The molecule has 2 saturated heterocycles. The highest BCUT2D eigenvalue weighted by atomic mass is 16.5. The van der Waals surface area contributed by atoms with Gasteiger partial charge in [-0.25, -0.2) is 0 Å². The van der Waals surface area contributed by atoms with Crippen LogP contribution in [0, 0.1) is 5.41 Å². The number of carbonyl (C=O) groups is 1. The van der Waals surface area contributed by atoms with Crippen LogP contribution in [0.25, 0.3) is 11.1 Å². The summed E-state index contributed by atoms with van der Waals surface area (Å²) in [5.41, 5.74) is 3.11. The van der Waals surface area contributed by atoms with Gasteiger partial charge in [-0.3, -0.25) is 9.78 Å². The van der Waals surface area contributed by atoms with E-state index in [-0.39, 0.29) is 11.9 Å². The van der Waals surface area contributed by atoms with Crippen molar-refractivity contribution in [3.05, 3.63) is 54.4 Å². The first-order valence-electron chi connectivity index (χ1n) is 10.2. The van der Waals surface area contributed by atoms with Crippen LogP contribution in [0.3, 0.4) is 0 Å². The molecule has 1 amide bonds. The Bertz CT molecular complexity index is 764. The predicted molar refractivity (Wildman–Crippen MR) is 108 cm³/mol.